The fourth-order valence-electron chi connectivity index (χ4n) is 1.57. The number of hydrogen-bond donors (Lipinski definition) is 2. The summed E-state index contributed by atoms with van der Waals surface area (Å²) in [5, 5.41) is 19.3. The number of nitrogens with zero attached hydrogens (tertiary/aromatic N) is 3. The molecule has 0 aliphatic carbocycles. The van der Waals surface area contributed by atoms with Crippen molar-refractivity contribution in [2.24, 2.45) is 0 Å². The van der Waals surface area contributed by atoms with Crippen molar-refractivity contribution >= 4 is 35.1 Å². The van der Waals surface area contributed by atoms with Crippen LogP contribution in [0.1, 0.15) is 16.1 Å². The third-order valence-corrected chi connectivity index (χ3v) is 3.05. The lowest BCUT2D eigenvalue weighted by atomic mass is 10.2. The number of halogens is 2. The van der Waals surface area contributed by atoms with Crippen molar-refractivity contribution in [3.05, 3.63) is 45.7 Å². The smallest absolute Gasteiger partial charge is 0.325 e. The number of carbonyl (C=O) groups excluding carboxylic acids is 1. The highest BCUT2D eigenvalue weighted by molar-refractivity contribution is 6.35. The number of aliphatic carboxylic acids is 1. The maximum Gasteiger partial charge on any atom is 0.325 e. The highest BCUT2D eigenvalue weighted by Crippen LogP contribution is 2.20. The lowest BCUT2D eigenvalue weighted by Gasteiger charge is -2.05. The quantitative estimate of drug-likeness (QED) is 0.868. The predicted molar refractivity (Wildman–Crippen MR) is 75.3 cm³/mol. The fourth-order valence-corrected chi connectivity index (χ4v) is 1.95. The summed E-state index contributed by atoms with van der Waals surface area (Å²) in [5.74, 6) is -1.43. The number of benzene rings is 1. The number of hydrogen-bond acceptors (Lipinski definition) is 4. The average molecular weight is 329 g/mol. The summed E-state index contributed by atoms with van der Waals surface area (Å²) in [6.45, 7) is -0.192. The van der Waals surface area contributed by atoms with E-state index in [9.17, 15) is 9.59 Å². The Morgan fingerprint density at radius 2 is 2.10 bits per heavy atom. The molecule has 1 aromatic carbocycles. The first-order valence-corrected chi connectivity index (χ1v) is 6.55. The second kappa shape index (κ2) is 6.55. The van der Waals surface area contributed by atoms with Crippen LogP contribution in [0.5, 0.6) is 0 Å². The minimum absolute atomic E-state index is 0.0985. The Bertz CT molecular complexity index is 687. The van der Waals surface area contributed by atoms with Crippen LogP contribution in [0.2, 0.25) is 10.0 Å². The van der Waals surface area contributed by atoms with Crippen molar-refractivity contribution in [3.63, 3.8) is 0 Å². The molecule has 1 heterocycles. The van der Waals surface area contributed by atoms with Crippen LogP contribution in [-0.4, -0.2) is 32.0 Å². The molecular weight excluding hydrogens is 319 g/mol. The summed E-state index contributed by atoms with van der Waals surface area (Å²) in [6, 6.07) is 4.57. The second-order valence-corrected chi connectivity index (χ2v) is 4.95. The molecule has 0 saturated heterocycles. The van der Waals surface area contributed by atoms with Crippen LogP contribution in [0.3, 0.4) is 0 Å². The van der Waals surface area contributed by atoms with Gasteiger partial charge in [0, 0.05) is 5.02 Å². The zero-order valence-corrected chi connectivity index (χ0v) is 12.1. The van der Waals surface area contributed by atoms with E-state index in [1.54, 1.807) is 6.07 Å². The van der Waals surface area contributed by atoms with Crippen molar-refractivity contribution in [3.8, 4) is 0 Å². The Morgan fingerprint density at radius 1 is 1.33 bits per heavy atom. The zero-order chi connectivity index (χ0) is 15.4. The van der Waals surface area contributed by atoms with Crippen LogP contribution in [0.25, 0.3) is 0 Å². The predicted octanol–water partition coefficient (Wildman–Crippen LogP) is 1.60. The largest absolute Gasteiger partial charge is 0.480 e. The van der Waals surface area contributed by atoms with Gasteiger partial charge < -0.3 is 10.4 Å². The molecule has 2 N–H and O–H groups in total. The topological polar surface area (TPSA) is 97.1 Å². The van der Waals surface area contributed by atoms with Crippen molar-refractivity contribution in [1.82, 2.24) is 20.3 Å². The molecule has 0 saturated carbocycles. The van der Waals surface area contributed by atoms with Gasteiger partial charge in [0.2, 0.25) is 0 Å². The van der Waals surface area contributed by atoms with Gasteiger partial charge in [0.05, 0.1) is 23.3 Å². The average Bonchev–Trinajstić information content (AvgIpc) is 2.85. The standard InChI is InChI=1S/C12H10Cl2N4O3/c13-7-1-2-10(14)9(3-7)12(21)15-4-8-5-18(17-16-8)6-11(19)20/h1-3,5H,4,6H2,(H,15,21)(H,19,20). The summed E-state index contributed by atoms with van der Waals surface area (Å²) in [6.07, 6.45) is 1.44. The number of carboxylic acid groups (broad SMARTS) is 1. The second-order valence-electron chi connectivity index (χ2n) is 4.11. The summed E-state index contributed by atoms with van der Waals surface area (Å²) >= 11 is 11.7. The molecule has 0 aliphatic heterocycles. The van der Waals surface area contributed by atoms with Gasteiger partial charge in [-0.1, -0.05) is 28.4 Å². The Balaban J connectivity index is 1.99. The zero-order valence-electron chi connectivity index (χ0n) is 10.6. The van der Waals surface area contributed by atoms with Crippen LogP contribution in [0.15, 0.2) is 24.4 Å². The van der Waals surface area contributed by atoms with E-state index in [0.717, 1.165) is 4.68 Å². The normalized spacial score (nSPS) is 10.4. The molecule has 0 aliphatic rings. The minimum Gasteiger partial charge on any atom is -0.480 e. The summed E-state index contributed by atoms with van der Waals surface area (Å²) < 4.78 is 1.16. The van der Waals surface area contributed by atoms with Crippen molar-refractivity contribution in [1.29, 1.82) is 0 Å². The molecule has 2 aromatic rings. The van der Waals surface area contributed by atoms with Gasteiger partial charge in [-0.05, 0) is 18.2 Å². The fraction of sp³-hybridized carbons (Fsp3) is 0.167. The lowest BCUT2D eigenvalue weighted by Crippen LogP contribution is -2.23. The minimum atomic E-state index is -1.03. The summed E-state index contributed by atoms with van der Waals surface area (Å²) in [5.41, 5.74) is 0.685. The van der Waals surface area contributed by atoms with E-state index < -0.39 is 11.9 Å². The number of amides is 1. The van der Waals surface area contributed by atoms with E-state index >= 15 is 0 Å². The Labute approximate surface area is 129 Å². The Kier molecular flexibility index (Phi) is 4.77. The first kappa shape index (κ1) is 15.3. The third-order valence-electron chi connectivity index (χ3n) is 2.49. The van der Waals surface area contributed by atoms with Crippen molar-refractivity contribution in [2.75, 3.05) is 0 Å². The monoisotopic (exact) mass is 328 g/mol. The molecule has 0 spiro atoms. The summed E-state index contributed by atoms with van der Waals surface area (Å²) in [7, 11) is 0. The molecule has 2 rings (SSSR count). The SMILES string of the molecule is O=C(O)Cn1cc(CNC(=O)c2cc(Cl)ccc2Cl)nn1. The molecule has 0 radical (unpaired) electrons. The molecule has 0 fully saturated rings. The van der Waals surface area contributed by atoms with Crippen LogP contribution in [0.4, 0.5) is 0 Å². The molecule has 0 atom stereocenters. The summed E-state index contributed by atoms with van der Waals surface area (Å²) in [4.78, 5) is 22.5. The van der Waals surface area contributed by atoms with Gasteiger partial charge in [-0.3, -0.25) is 9.59 Å². The molecule has 1 amide bonds. The molecule has 1 aromatic heterocycles. The third kappa shape index (κ3) is 4.17. The maximum atomic E-state index is 12.0. The number of aromatic nitrogens is 3. The van der Waals surface area contributed by atoms with E-state index in [4.69, 9.17) is 28.3 Å². The maximum absolute atomic E-state index is 12.0. The Morgan fingerprint density at radius 3 is 2.81 bits per heavy atom. The molecular formula is C12H10Cl2N4O3. The molecule has 110 valence electrons. The van der Waals surface area contributed by atoms with Gasteiger partial charge in [0.15, 0.2) is 0 Å². The molecule has 21 heavy (non-hydrogen) atoms. The first-order chi connectivity index (χ1) is 9.95. The molecule has 9 heteroatoms. The molecule has 7 nitrogen and oxygen atoms in total. The molecule has 0 bridgehead atoms. The van der Waals surface area contributed by atoms with E-state index in [0.29, 0.717) is 10.7 Å². The van der Waals surface area contributed by atoms with Crippen LogP contribution in [-0.2, 0) is 17.9 Å². The number of carboxylic acids is 1. The van der Waals surface area contributed by atoms with E-state index in [2.05, 4.69) is 15.6 Å². The van der Waals surface area contributed by atoms with Crippen LogP contribution >= 0.6 is 23.2 Å². The van der Waals surface area contributed by atoms with Crippen LogP contribution in [0, 0.1) is 0 Å². The van der Waals surface area contributed by atoms with Gasteiger partial charge in [-0.25, -0.2) is 4.68 Å². The highest BCUT2D eigenvalue weighted by Gasteiger charge is 2.12. The number of carbonyl (C=O) groups is 2. The molecule has 0 unspecified atom stereocenters. The van der Waals surface area contributed by atoms with Crippen molar-refractivity contribution in [2.45, 2.75) is 13.1 Å². The van der Waals surface area contributed by atoms with E-state index in [1.807, 2.05) is 0 Å². The first-order valence-electron chi connectivity index (χ1n) is 5.80. The highest BCUT2D eigenvalue weighted by atomic mass is 35.5. The van der Waals surface area contributed by atoms with Gasteiger partial charge in [0.1, 0.15) is 12.2 Å². The van der Waals surface area contributed by atoms with Crippen LogP contribution < -0.4 is 5.32 Å². The van der Waals surface area contributed by atoms with Gasteiger partial charge in [-0.15, -0.1) is 5.10 Å². The van der Waals surface area contributed by atoms with Gasteiger partial charge >= 0.3 is 5.97 Å². The van der Waals surface area contributed by atoms with Crippen molar-refractivity contribution < 1.29 is 14.7 Å². The number of rotatable bonds is 5. The van der Waals surface area contributed by atoms with Gasteiger partial charge in [0.25, 0.3) is 5.91 Å². The van der Waals surface area contributed by atoms with Gasteiger partial charge in [-0.2, -0.15) is 0 Å². The lowest BCUT2D eigenvalue weighted by molar-refractivity contribution is -0.137. The van der Waals surface area contributed by atoms with E-state index in [-0.39, 0.29) is 23.7 Å². The van der Waals surface area contributed by atoms with E-state index in [1.165, 1.54) is 18.3 Å². The number of nitrogens with one attached hydrogen (secondary N) is 1. The Hall–Kier alpha value is -2.12.